The van der Waals surface area contributed by atoms with Crippen molar-refractivity contribution in [1.82, 2.24) is 9.21 Å². The highest BCUT2D eigenvalue weighted by Gasteiger charge is 2.33. The van der Waals surface area contributed by atoms with Crippen LogP contribution in [0.15, 0.2) is 48.5 Å². The molecule has 0 amide bonds. The Morgan fingerprint density at radius 2 is 1.65 bits per heavy atom. The number of benzene rings is 2. The molecule has 4 rings (SSSR count). The number of halogens is 1. The molecule has 1 atom stereocenters. The van der Waals surface area contributed by atoms with Crippen LogP contribution < -0.4 is 0 Å². The lowest BCUT2D eigenvalue weighted by Crippen LogP contribution is -2.49. The number of fused-ring (bicyclic) bond motifs is 1. The first-order valence-corrected chi connectivity index (χ1v) is 11.1. The number of nitrogens with zero attached hydrogens (tertiary/aromatic N) is 2. The molecule has 1 saturated heterocycles. The van der Waals surface area contributed by atoms with E-state index in [1.165, 1.54) is 11.1 Å². The first-order chi connectivity index (χ1) is 12.5. The van der Waals surface area contributed by atoms with E-state index in [0.717, 1.165) is 25.9 Å². The molecule has 0 spiro atoms. The Hall–Kier alpha value is -1.40. The van der Waals surface area contributed by atoms with Gasteiger partial charge in [0.2, 0.25) is 10.0 Å². The molecule has 6 heteroatoms. The van der Waals surface area contributed by atoms with Crippen molar-refractivity contribution in [3.05, 3.63) is 70.2 Å². The van der Waals surface area contributed by atoms with Gasteiger partial charge in [-0.1, -0.05) is 54.1 Å². The normalized spacial score (nSPS) is 21.7. The zero-order valence-corrected chi connectivity index (χ0v) is 16.2. The largest absolute Gasteiger partial charge is 0.294 e. The van der Waals surface area contributed by atoms with Crippen molar-refractivity contribution >= 4 is 21.6 Å². The third-order valence-electron chi connectivity index (χ3n) is 5.50. The molecule has 1 unspecified atom stereocenters. The zero-order valence-electron chi connectivity index (χ0n) is 14.6. The van der Waals surface area contributed by atoms with Gasteiger partial charge in [-0.05, 0) is 35.6 Å². The van der Waals surface area contributed by atoms with Crippen molar-refractivity contribution in [3.63, 3.8) is 0 Å². The fourth-order valence-corrected chi connectivity index (χ4v) is 5.94. The van der Waals surface area contributed by atoms with Gasteiger partial charge in [-0.2, -0.15) is 4.31 Å². The quantitative estimate of drug-likeness (QED) is 0.802. The average Bonchev–Trinajstić information content (AvgIpc) is 3.08. The van der Waals surface area contributed by atoms with Gasteiger partial charge in [0.15, 0.2) is 0 Å². The molecular weight excluding hydrogens is 368 g/mol. The topological polar surface area (TPSA) is 40.6 Å². The molecule has 138 valence electrons. The van der Waals surface area contributed by atoms with Gasteiger partial charge in [-0.3, -0.25) is 4.90 Å². The maximum absolute atomic E-state index is 12.8. The summed E-state index contributed by atoms with van der Waals surface area (Å²) in [5.74, 6) is -0.0288. The first kappa shape index (κ1) is 18.0. The molecule has 4 nitrogen and oxygen atoms in total. The summed E-state index contributed by atoms with van der Waals surface area (Å²) in [6.45, 7) is 2.65. The Kier molecular flexibility index (Phi) is 5.06. The second-order valence-corrected chi connectivity index (χ2v) is 9.41. The van der Waals surface area contributed by atoms with E-state index < -0.39 is 10.0 Å². The van der Waals surface area contributed by atoms with Crippen molar-refractivity contribution in [1.29, 1.82) is 0 Å². The van der Waals surface area contributed by atoms with Crippen LogP contribution in [0.2, 0.25) is 5.02 Å². The van der Waals surface area contributed by atoms with Gasteiger partial charge in [0.1, 0.15) is 0 Å². The van der Waals surface area contributed by atoms with E-state index in [1.54, 1.807) is 16.4 Å². The van der Waals surface area contributed by atoms with E-state index in [2.05, 4.69) is 29.2 Å². The summed E-state index contributed by atoms with van der Waals surface area (Å²) in [6, 6.07) is 16.2. The highest BCUT2D eigenvalue weighted by atomic mass is 35.5. The Labute approximate surface area is 160 Å². The molecule has 26 heavy (non-hydrogen) atoms. The molecule has 1 aliphatic heterocycles. The van der Waals surface area contributed by atoms with E-state index in [4.69, 9.17) is 11.6 Å². The van der Waals surface area contributed by atoms with Crippen LogP contribution in [0.3, 0.4) is 0 Å². The van der Waals surface area contributed by atoms with Crippen LogP contribution in [0.1, 0.15) is 29.2 Å². The minimum atomic E-state index is -3.34. The van der Waals surface area contributed by atoms with Crippen LogP contribution in [0.4, 0.5) is 0 Å². The van der Waals surface area contributed by atoms with Gasteiger partial charge in [0.25, 0.3) is 0 Å². The SMILES string of the molecule is O=S(=O)(Cc1ccccc1Cl)N1CCN(C2CCc3ccccc32)CC1. The molecule has 0 aromatic heterocycles. The minimum absolute atomic E-state index is 0.0288. The molecule has 1 fully saturated rings. The fourth-order valence-electron chi connectivity index (χ4n) is 4.11. The van der Waals surface area contributed by atoms with Crippen LogP contribution in [-0.4, -0.2) is 43.8 Å². The van der Waals surface area contributed by atoms with Crippen molar-refractivity contribution in [2.75, 3.05) is 26.2 Å². The number of rotatable bonds is 4. The van der Waals surface area contributed by atoms with E-state index in [0.29, 0.717) is 29.7 Å². The first-order valence-electron chi connectivity index (χ1n) is 9.08. The molecule has 0 saturated carbocycles. The van der Waals surface area contributed by atoms with Crippen molar-refractivity contribution in [3.8, 4) is 0 Å². The van der Waals surface area contributed by atoms with Gasteiger partial charge >= 0.3 is 0 Å². The van der Waals surface area contributed by atoms with Crippen LogP contribution in [0, 0.1) is 0 Å². The summed E-state index contributed by atoms with van der Waals surface area (Å²) in [5.41, 5.74) is 3.52. The lowest BCUT2D eigenvalue weighted by molar-refractivity contribution is 0.136. The van der Waals surface area contributed by atoms with E-state index in [-0.39, 0.29) is 5.75 Å². The summed E-state index contributed by atoms with van der Waals surface area (Å²) in [7, 11) is -3.34. The van der Waals surface area contributed by atoms with Gasteiger partial charge in [-0.25, -0.2) is 8.42 Å². The number of hydrogen-bond acceptors (Lipinski definition) is 3. The summed E-state index contributed by atoms with van der Waals surface area (Å²) >= 11 is 6.14. The maximum Gasteiger partial charge on any atom is 0.218 e. The van der Waals surface area contributed by atoms with Gasteiger partial charge in [-0.15, -0.1) is 0 Å². The van der Waals surface area contributed by atoms with Crippen LogP contribution in [0.5, 0.6) is 0 Å². The van der Waals surface area contributed by atoms with Crippen LogP contribution in [-0.2, 0) is 22.2 Å². The molecule has 2 aromatic carbocycles. The minimum Gasteiger partial charge on any atom is -0.294 e. The predicted molar refractivity (Wildman–Crippen MR) is 105 cm³/mol. The number of piperazine rings is 1. The molecule has 2 aromatic rings. The Balaban J connectivity index is 1.41. The van der Waals surface area contributed by atoms with E-state index >= 15 is 0 Å². The van der Waals surface area contributed by atoms with Gasteiger partial charge < -0.3 is 0 Å². The molecule has 2 aliphatic rings. The van der Waals surface area contributed by atoms with Crippen LogP contribution in [0.25, 0.3) is 0 Å². The molecule has 0 bridgehead atoms. The number of hydrogen-bond donors (Lipinski definition) is 0. The predicted octanol–water partition coefficient (Wildman–Crippen LogP) is 3.47. The fraction of sp³-hybridized carbons (Fsp3) is 0.400. The highest BCUT2D eigenvalue weighted by Crippen LogP contribution is 2.36. The summed E-state index contributed by atoms with van der Waals surface area (Å²) < 4.78 is 27.2. The van der Waals surface area contributed by atoms with Crippen molar-refractivity contribution in [2.24, 2.45) is 0 Å². The van der Waals surface area contributed by atoms with Crippen molar-refractivity contribution < 1.29 is 8.42 Å². The summed E-state index contributed by atoms with van der Waals surface area (Å²) in [5, 5.41) is 0.511. The van der Waals surface area contributed by atoms with E-state index in [9.17, 15) is 8.42 Å². The molecular formula is C20H23ClN2O2S. The summed E-state index contributed by atoms with van der Waals surface area (Å²) in [4.78, 5) is 2.44. The lowest BCUT2D eigenvalue weighted by Gasteiger charge is -2.37. The highest BCUT2D eigenvalue weighted by molar-refractivity contribution is 7.88. The number of aryl methyl sites for hydroxylation is 1. The summed E-state index contributed by atoms with van der Waals surface area (Å²) in [6.07, 6.45) is 2.25. The Morgan fingerprint density at radius 3 is 2.42 bits per heavy atom. The lowest BCUT2D eigenvalue weighted by atomic mass is 10.1. The number of sulfonamides is 1. The molecule has 0 radical (unpaired) electrons. The van der Waals surface area contributed by atoms with Gasteiger partial charge in [0.05, 0.1) is 5.75 Å². The average molecular weight is 391 g/mol. The standard InChI is InChI=1S/C20H23ClN2O2S/c21-19-8-4-2-6-17(19)15-26(24,25)23-13-11-22(12-14-23)20-10-9-16-5-1-3-7-18(16)20/h1-8,20H,9-15H2. The smallest absolute Gasteiger partial charge is 0.218 e. The molecule has 0 N–H and O–H groups in total. The Morgan fingerprint density at radius 1 is 0.962 bits per heavy atom. The van der Waals surface area contributed by atoms with Crippen LogP contribution >= 0.6 is 11.6 Å². The second kappa shape index (κ2) is 7.31. The maximum atomic E-state index is 12.8. The van der Waals surface area contributed by atoms with E-state index in [1.807, 2.05) is 12.1 Å². The third-order valence-corrected chi connectivity index (χ3v) is 7.70. The van der Waals surface area contributed by atoms with Crippen molar-refractivity contribution in [2.45, 2.75) is 24.6 Å². The zero-order chi connectivity index (χ0) is 18.1. The Bertz CT molecular complexity index is 892. The van der Waals surface area contributed by atoms with Gasteiger partial charge in [0, 0.05) is 37.2 Å². The monoisotopic (exact) mass is 390 g/mol. The second-order valence-electron chi connectivity index (χ2n) is 7.04. The molecule has 1 heterocycles. The molecule has 1 aliphatic carbocycles. The third kappa shape index (κ3) is 3.54.